The first kappa shape index (κ1) is 41.4. The number of alkyl carbamates (subject to hydrolysis) is 1. The number of rotatable bonds is 8. The third-order valence-electron chi connectivity index (χ3n) is 11.3. The smallest absolute Gasteiger partial charge is 0.427 e. The van der Waals surface area contributed by atoms with Crippen LogP contribution in [0.5, 0.6) is 5.88 Å². The van der Waals surface area contributed by atoms with Gasteiger partial charge in [0.25, 0.3) is 5.91 Å². The summed E-state index contributed by atoms with van der Waals surface area (Å²) in [4.78, 5) is 65.8. The lowest BCUT2D eigenvalue weighted by atomic mass is 9.88. The minimum atomic E-state index is -4.91. The Morgan fingerprint density at radius 1 is 1.11 bits per heavy atom. The number of amides is 4. The van der Waals surface area contributed by atoms with Crippen LogP contribution in [0, 0.1) is 17.8 Å². The maximum atomic E-state index is 14.6. The van der Waals surface area contributed by atoms with Crippen LogP contribution in [0.3, 0.4) is 0 Å². The molecule has 0 aromatic carbocycles. The second-order valence-corrected chi connectivity index (χ2v) is 19.3. The molecule has 0 radical (unpaired) electrons. The summed E-state index contributed by atoms with van der Waals surface area (Å²) in [5, 5.41) is 7.67. The molecule has 0 spiro atoms. The molecule has 2 aliphatic heterocycles. The largest absolute Gasteiger partial charge is 0.472 e. The van der Waals surface area contributed by atoms with E-state index in [1.165, 1.54) is 29.4 Å². The SMILES string of the molecule is C[C@@H]1CC/C=C\[C@@H]2C[C@@]2(C(=O)NS(=O)(=O)C2(C)CC2)NC(=O)[C@@H]2C[C@@H](Oc3cc(-c4nccs4)ccn3)CN2C(=O)[C@@H](NC(=O)OC(C)(C)C(F)(F)F)[C@H](C)C1. The molecule has 4 amide bonds. The predicted molar refractivity (Wildman–Crippen MR) is 198 cm³/mol. The number of alkyl halides is 3. The van der Waals surface area contributed by atoms with Crippen molar-refractivity contribution in [3.8, 4) is 16.5 Å². The molecule has 2 saturated carbocycles. The number of carbonyl (C=O) groups is 4. The van der Waals surface area contributed by atoms with Gasteiger partial charge in [0.15, 0.2) is 0 Å². The van der Waals surface area contributed by atoms with Crippen molar-refractivity contribution in [3.05, 3.63) is 42.1 Å². The van der Waals surface area contributed by atoms with Crippen LogP contribution < -0.4 is 20.1 Å². The van der Waals surface area contributed by atoms with E-state index >= 15 is 0 Å². The van der Waals surface area contributed by atoms with Crippen LogP contribution in [0.4, 0.5) is 18.0 Å². The van der Waals surface area contributed by atoms with Gasteiger partial charge in [-0.15, -0.1) is 11.3 Å². The van der Waals surface area contributed by atoms with Crippen LogP contribution in [-0.2, 0) is 29.1 Å². The quantitative estimate of drug-likeness (QED) is 0.310. The van der Waals surface area contributed by atoms with Crippen molar-refractivity contribution >= 4 is 45.2 Å². The molecule has 56 heavy (non-hydrogen) atoms. The summed E-state index contributed by atoms with van der Waals surface area (Å²) < 4.78 is 79.5. The van der Waals surface area contributed by atoms with Gasteiger partial charge in [-0.3, -0.25) is 19.1 Å². The fraction of sp³-hybridized carbons (Fsp3) is 0.622. The Morgan fingerprint density at radius 3 is 2.50 bits per heavy atom. The second kappa shape index (κ2) is 15.2. The van der Waals surface area contributed by atoms with Crippen molar-refractivity contribution in [2.45, 2.75) is 120 Å². The first-order valence-corrected chi connectivity index (χ1v) is 21.0. The Bertz CT molecular complexity index is 1970. The van der Waals surface area contributed by atoms with Crippen LogP contribution in [0.15, 0.2) is 42.1 Å². The molecule has 306 valence electrons. The van der Waals surface area contributed by atoms with Gasteiger partial charge < -0.3 is 25.0 Å². The Morgan fingerprint density at radius 2 is 1.84 bits per heavy atom. The summed E-state index contributed by atoms with van der Waals surface area (Å²) in [6, 6.07) is 0.673. The molecule has 3 fully saturated rings. The third-order valence-corrected chi connectivity index (χ3v) is 14.2. The van der Waals surface area contributed by atoms with Crippen LogP contribution in [0.1, 0.15) is 79.6 Å². The topological polar surface area (TPSA) is 186 Å². The number of nitrogens with one attached hydrogen (secondary N) is 3. The molecule has 6 rings (SSSR count). The first-order valence-electron chi connectivity index (χ1n) is 18.6. The number of carbonyl (C=O) groups excluding carboxylic acids is 4. The first-order chi connectivity index (χ1) is 26.1. The molecular weight excluding hydrogens is 778 g/mol. The average Bonchev–Trinajstić information content (AvgIpc) is 3.86. The molecule has 0 unspecified atom stereocenters. The maximum absolute atomic E-state index is 14.6. The molecule has 1 saturated heterocycles. The van der Waals surface area contributed by atoms with Crippen LogP contribution >= 0.6 is 11.3 Å². The summed E-state index contributed by atoms with van der Waals surface area (Å²) in [5.41, 5.74) is -3.79. The number of halogens is 3. The van der Waals surface area contributed by atoms with E-state index in [-0.39, 0.29) is 31.2 Å². The fourth-order valence-corrected chi connectivity index (χ4v) is 9.13. The van der Waals surface area contributed by atoms with Crippen LogP contribution in [-0.4, -0.2) is 93.9 Å². The van der Waals surface area contributed by atoms with E-state index in [0.717, 1.165) is 5.56 Å². The zero-order valence-electron chi connectivity index (χ0n) is 31.7. The zero-order valence-corrected chi connectivity index (χ0v) is 33.4. The normalized spacial score (nSPS) is 30.0. The van der Waals surface area contributed by atoms with E-state index in [4.69, 9.17) is 9.47 Å². The van der Waals surface area contributed by atoms with Gasteiger partial charge in [-0.1, -0.05) is 26.0 Å². The Labute approximate surface area is 327 Å². The number of nitrogens with zero attached hydrogens (tertiary/aromatic N) is 3. The lowest BCUT2D eigenvalue weighted by molar-refractivity contribution is -0.244. The fourth-order valence-electron chi connectivity index (χ4n) is 7.19. The predicted octanol–water partition coefficient (Wildman–Crippen LogP) is 4.87. The number of thiazole rings is 1. The molecule has 0 bridgehead atoms. The van der Waals surface area contributed by atoms with E-state index in [1.54, 1.807) is 31.3 Å². The summed E-state index contributed by atoms with van der Waals surface area (Å²) in [5.74, 6) is -3.46. The lowest BCUT2D eigenvalue weighted by Crippen LogP contribution is -2.59. The van der Waals surface area contributed by atoms with Crippen molar-refractivity contribution in [2.75, 3.05) is 6.54 Å². The maximum Gasteiger partial charge on any atom is 0.427 e. The monoisotopic (exact) mass is 824 g/mol. The summed E-state index contributed by atoms with van der Waals surface area (Å²) in [6.07, 6.45) is 1.92. The van der Waals surface area contributed by atoms with Crippen LogP contribution in [0.25, 0.3) is 10.6 Å². The highest BCUT2D eigenvalue weighted by Gasteiger charge is 2.63. The van der Waals surface area contributed by atoms with Gasteiger partial charge in [0.05, 0.1) is 11.3 Å². The number of fused-ring (bicyclic) bond motifs is 2. The highest BCUT2D eigenvalue weighted by Crippen LogP contribution is 2.47. The Hall–Kier alpha value is -4.26. The van der Waals surface area contributed by atoms with Crippen molar-refractivity contribution in [2.24, 2.45) is 17.8 Å². The van der Waals surface area contributed by atoms with Crippen molar-refractivity contribution < 1.29 is 50.2 Å². The summed E-state index contributed by atoms with van der Waals surface area (Å²) >= 11 is 1.40. The molecule has 2 aromatic rings. The number of hydrogen-bond donors (Lipinski definition) is 3. The van der Waals surface area contributed by atoms with Gasteiger partial charge in [0.2, 0.25) is 33.3 Å². The second-order valence-electron chi connectivity index (χ2n) is 16.2. The zero-order chi connectivity index (χ0) is 40.8. The van der Waals surface area contributed by atoms with E-state index < -0.39 is 85.9 Å². The molecule has 4 aliphatic rings. The molecular formula is C37H47F3N6O8S2. The highest BCUT2D eigenvalue weighted by molar-refractivity contribution is 7.91. The number of sulfonamides is 1. The molecule has 19 heteroatoms. The van der Waals surface area contributed by atoms with Gasteiger partial charge in [0.1, 0.15) is 28.7 Å². The lowest BCUT2D eigenvalue weighted by Gasteiger charge is -2.34. The number of ether oxygens (including phenoxy) is 2. The molecule has 7 atom stereocenters. The van der Waals surface area contributed by atoms with Crippen LogP contribution in [0.2, 0.25) is 0 Å². The molecule has 14 nitrogen and oxygen atoms in total. The van der Waals surface area contributed by atoms with Gasteiger partial charge >= 0.3 is 12.3 Å². The minimum Gasteiger partial charge on any atom is -0.472 e. The van der Waals surface area contributed by atoms with Gasteiger partial charge in [-0.25, -0.2) is 23.2 Å². The third kappa shape index (κ3) is 8.67. The molecule has 4 heterocycles. The minimum absolute atomic E-state index is 0.0300. The Balaban J connectivity index is 1.33. The van der Waals surface area contributed by atoms with E-state index in [9.17, 15) is 40.8 Å². The van der Waals surface area contributed by atoms with E-state index in [2.05, 4.69) is 25.3 Å². The Kier molecular flexibility index (Phi) is 11.3. The number of allylic oxidation sites excluding steroid dienone is 1. The van der Waals surface area contributed by atoms with Gasteiger partial charge in [-0.2, -0.15) is 13.2 Å². The van der Waals surface area contributed by atoms with E-state index in [0.29, 0.717) is 51.0 Å². The van der Waals surface area contributed by atoms with Gasteiger partial charge in [0, 0.05) is 41.7 Å². The summed E-state index contributed by atoms with van der Waals surface area (Å²) in [6.45, 7) is 6.35. The molecule has 3 N–H and O–H groups in total. The van der Waals surface area contributed by atoms with Gasteiger partial charge in [-0.05, 0) is 77.2 Å². The van der Waals surface area contributed by atoms with Crippen molar-refractivity contribution in [1.29, 1.82) is 0 Å². The molecule has 2 aliphatic carbocycles. The average molecular weight is 825 g/mol. The highest BCUT2D eigenvalue weighted by atomic mass is 32.2. The summed E-state index contributed by atoms with van der Waals surface area (Å²) in [7, 11) is -4.07. The number of pyridine rings is 1. The standard InChI is InChI=1S/C37H47F3N6O8S2/c1-21-8-6-7-9-24-19-36(24,32(49)45-56(51,52)35(5)11-12-35)44-29(47)26-18-25(53-27-17-23(10-13-41-27)30-42-14-15-55-30)20-46(26)31(48)28(22(2)16-21)43-33(50)54-34(3,4)37(38,39)40/h7,9-10,13-15,17,21-22,24-26,28H,6,8,11-12,16,18-20H2,1-5H3,(H,43,50)(H,44,47)(H,45,49)/b9-7-/t21-,22-,24-,25-,26+,28+,36-/m1/s1. The van der Waals surface area contributed by atoms with Crippen molar-refractivity contribution in [1.82, 2.24) is 30.2 Å². The number of hydrogen-bond acceptors (Lipinski definition) is 11. The van der Waals surface area contributed by atoms with Crippen molar-refractivity contribution in [3.63, 3.8) is 0 Å². The number of aromatic nitrogens is 2. The molecule has 2 aromatic heterocycles. The van der Waals surface area contributed by atoms with E-state index in [1.807, 2.05) is 18.4 Å².